The monoisotopic (exact) mass is 374 g/mol. The van der Waals surface area contributed by atoms with Gasteiger partial charge in [-0.15, -0.1) is 11.3 Å². The number of nitrogens with one attached hydrogen (secondary N) is 1. The van der Waals surface area contributed by atoms with Crippen molar-refractivity contribution in [2.75, 3.05) is 36.4 Å². The molecule has 0 aromatic carbocycles. The Kier molecular flexibility index (Phi) is 5.79. The summed E-state index contributed by atoms with van der Waals surface area (Å²) in [6.45, 7) is 4.77. The first-order valence-corrected chi connectivity index (χ1v) is 9.42. The average molecular weight is 374 g/mol. The predicted octanol–water partition coefficient (Wildman–Crippen LogP) is 1.18. The fourth-order valence-corrected chi connectivity index (χ4v) is 3.70. The van der Waals surface area contributed by atoms with Crippen LogP contribution in [0.2, 0.25) is 0 Å². The molecular formula is C17H22N6O2S. The molecule has 1 aliphatic heterocycles. The van der Waals surface area contributed by atoms with Crippen LogP contribution < -0.4 is 16.0 Å². The van der Waals surface area contributed by atoms with Crippen molar-refractivity contribution in [2.45, 2.75) is 19.4 Å². The highest BCUT2D eigenvalue weighted by Crippen LogP contribution is 2.20. The summed E-state index contributed by atoms with van der Waals surface area (Å²) in [4.78, 5) is 36.8. The van der Waals surface area contributed by atoms with Gasteiger partial charge in [-0.1, -0.05) is 6.92 Å². The summed E-state index contributed by atoms with van der Waals surface area (Å²) in [5.74, 6) is 0.0938. The summed E-state index contributed by atoms with van der Waals surface area (Å²) < 4.78 is 0. The summed E-state index contributed by atoms with van der Waals surface area (Å²) in [7, 11) is 0. The number of carbonyl (C=O) groups is 2. The van der Waals surface area contributed by atoms with Gasteiger partial charge in [0.2, 0.25) is 5.91 Å². The number of amides is 2. The molecule has 0 spiro atoms. The van der Waals surface area contributed by atoms with Gasteiger partial charge in [-0.25, -0.2) is 9.97 Å². The van der Waals surface area contributed by atoms with Crippen molar-refractivity contribution < 1.29 is 9.59 Å². The van der Waals surface area contributed by atoms with Gasteiger partial charge >= 0.3 is 0 Å². The molecule has 0 bridgehead atoms. The van der Waals surface area contributed by atoms with Crippen LogP contribution in [-0.4, -0.2) is 58.9 Å². The van der Waals surface area contributed by atoms with E-state index in [1.807, 2.05) is 17.2 Å². The number of thiazole rings is 1. The predicted molar refractivity (Wildman–Crippen MR) is 101 cm³/mol. The molecular weight excluding hydrogens is 352 g/mol. The summed E-state index contributed by atoms with van der Waals surface area (Å²) in [6.07, 6.45) is 4.04. The molecule has 9 heteroatoms. The van der Waals surface area contributed by atoms with Crippen LogP contribution in [0.25, 0.3) is 0 Å². The number of rotatable bonds is 6. The molecule has 3 heterocycles. The van der Waals surface area contributed by atoms with Crippen LogP contribution in [0.4, 0.5) is 10.9 Å². The van der Waals surface area contributed by atoms with E-state index in [2.05, 4.69) is 20.2 Å². The smallest absolute Gasteiger partial charge is 0.252 e. The van der Waals surface area contributed by atoms with Crippen LogP contribution in [0.3, 0.4) is 0 Å². The molecule has 2 amide bonds. The lowest BCUT2D eigenvalue weighted by Crippen LogP contribution is -2.54. The Morgan fingerprint density at radius 1 is 1.27 bits per heavy atom. The number of carbonyl (C=O) groups excluding carboxylic acids is 2. The fraction of sp³-hybridized carbons (Fsp3) is 0.412. The standard InChI is InChI=1S/C17H22N6O2S/c1-2-13(16(25)21-17-20-6-11-26-17)22-7-9-23(10-8-22)15-12(14(18)24)4-3-5-19-15/h3-6,11,13H,2,7-10H2,1H3,(H2,18,24)(H,20,21,25)/t13-/m1/s1. The van der Waals surface area contributed by atoms with Crippen molar-refractivity contribution in [1.29, 1.82) is 0 Å². The van der Waals surface area contributed by atoms with E-state index in [1.165, 1.54) is 11.3 Å². The van der Waals surface area contributed by atoms with Crippen LogP contribution >= 0.6 is 11.3 Å². The van der Waals surface area contributed by atoms with Crippen molar-refractivity contribution in [3.05, 3.63) is 35.5 Å². The van der Waals surface area contributed by atoms with E-state index in [0.717, 1.165) is 0 Å². The van der Waals surface area contributed by atoms with Gasteiger partial charge in [-0.2, -0.15) is 0 Å². The summed E-state index contributed by atoms with van der Waals surface area (Å²) in [5, 5.41) is 5.33. The Balaban J connectivity index is 1.64. The molecule has 3 N–H and O–H groups in total. The largest absolute Gasteiger partial charge is 0.365 e. The van der Waals surface area contributed by atoms with Crippen molar-refractivity contribution in [3.63, 3.8) is 0 Å². The van der Waals surface area contributed by atoms with Crippen molar-refractivity contribution in [1.82, 2.24) is 14.9 Å². The van der Waals surface area contributed by atoms with Gasteiger partial charge in [0.05, 0.1) is 11.6 Å². The molecule has 2 aromatic rings. The van der Waals surface area contributed by atoms with Crippen molar-refractivity contribution in [3.8, 4) is 0 Å². The second-order valence-corrected chi connectivity index (χ2v) is 6.91. The minimum Gasteiger partial charge on any atom is -0.365 e. The molecule has 0 radical (unpaired) electrons. The lowest BCUT2D eigenvalue weighted by atomic mass is 10.1. The fourth-order valence-electron chi connectivity index (χ4n) is 3.17. The zero-order valence-corrected chi connectivity index (χ0v) is 15.4. The van der Waals surface area contributed by atoms with E-state index in [-0.39, 0.29) is 11.9 Å². The Bertz CT molecular complexity index is 758. The molecule has 138 valence electrons. The SMILES string of the molecule is CC[C@H](C(=O)Nc1nccs1)N1CCN(c2ncccc2C(N)=O)CC1. The molecule has 8 nitrogen and oxygen atoms in total. The Morgan fingerprint density at radius 3 is 2.65 bits per heavy atom. The molecule has 1 aliphatic rings. The van der Waals surface area contributed by atoms with E-state index < -0.39 is 5.91 Å². The molecule has 3 rings (SSSR count). The number of anilines is 2. The first-order valence-electron chi connectivity index (χ1n) is 8.54. The molecule has 0 saturated carbocycles. The molecule has 2 aromatic heterocycles. The van der Waals surface area contributed by atoms with Gasteiger partial charge in [0.25, 0.3) is 5.91 Å². The first kappa shape index (κ1) is 18.3. The third-order valence-electron chi connectivity index (χ3n) is 4.46. The van der Waals surface area contributed by atoms with Crippen LogP contribution in [0, 0.1) is 0 Å². The van der Waals surface area contributed by atoms with Crippen LogP contribution in [-0.2, 0) is 4.79 Å². The van der Waals surface area contributed by atoms with Crippen LogP contribution in [0.15, 0.2) is 29.9 Å². The maximum Gasteiger partial charge on any atom is 0.252 e. The molecule has 0 aliphatic carbocycles. The number of nitrogens with zero attached hydrogens (tertiary/aromatic N) is 4. The number of aromatic nitrogens is 2. The molecule has 26 heavy (non-hydrogen) atoms. The van der Waals surface area contributed by atoms with Gasteiger partial charge in [0.1, 0.15) is 5.82 Å². The van der Waals surface area contributed by atoms with Gasteiger partial charge in [0.15, 0.2) is 5.13 Å². The van der Waals surface area contributed by atoms with Crippen molar-refractivity contribution in [2.24, 2.45) is 5.73 Å². The number of hydrogen-bond donors (Lipinski definition) is 2. The zero-order chi connectivity index (χ0) is 18.5. The number of pyridine rings is 1. The van der Waals surface area contributed by atoms with Gasteiger partial charge in [0, 0.05) is 44.0 Å². The Morgan fingerprint density at radius 2 is 2.04 bits per heavy atom. The summed E-state index contributed by atoms with van der Waals surface area (Å²) >= 11 is 1.41. The van der Waals surface area contributed by atoms with E-state index in [4.69, 9.17) is 5.73 Å². The van der Waals surface area contributed by atoms with Gasteiger partial charge in [-0.3, -0.25) is 14.5 Å². The topological polar surface area (TPSA) is 104 Å². The zero-order valence-electron chi connectivity index (χ0n) is 14.6. The highest BCUT2D eigenvalue weighted by Gasteiger charge is 2.29. The molecule has 1 atom stereocenters. The summed E-state index contributed by atoms with van der Waals surface area (Å²) in [5.41, 5.74) is 5.87. The van der Waals surface area contributed by atoms with E-state index >= 15 is 0 Å². The third kappa shape index (κ3) is 4.00. The number of hydrogen-bond acceptors (Lipinski definition) is 7. The highest BCUT2D eigenvalue weighted by atomic mass is 32.1. The van der Waals surface area contributed by atoms with E-state index in [0.29, 0.717) is 49.1 Å². The maximum absolute atomic E-state index is 12.6. The molecule has 1 fully saturated rings. The van der Waals surface area contributed by atoms with Crippen molar-refractivity contribution >= 4 is 34.1 Å². The second-order valence-electron chi connectivity index (χ2n) is 6.01. The maximum atomic E-state index is 12.6. The normalized spacial score (nSPS) is 16.3. The van der Waals surface area contributed by atoms with E-state index in [9.17, 15) is 9.59 Å². The molecule has 1 saturated heterocycles. The van der Waals surface area contributed by atoms with E-state index in [1.54, 1.807) is 24.5 Å². The second kappa shape index (κ2) is 8.24. The number of primary amides is 1. The lowest BCUT2D eigenvalue weighted by Gasteiger charge is -2.39. The molecule has 0 unspecified atom stereocenters. The number of nitrogens with two attached hydrogens (primary N) is 1. The quantitative estimate of drug-likeness (QED) is 0.787. The Labute approximate surface area is 156 Å². The lowest BCUT2D eigenvalue weighted by molar-refractivity contribution is -0.121. The van der Waals surface area contributed by atoms with Crippen LogP contribution in [0.5, 0.6) is 0 Å². The minimum atomic E-state index is -0.482. The van der Waals surface area contributed by atoms with Gasteiger partial charge in [-0.05, 0) is 18.6 Å². The number of piperazine rings is 1. The average Bonchev–Trinajstić information content (AvgIpc) is 3.16. The summed E-state index contributed by atoms with van der Waals surface area (Å²) in [6, 6.07) is 3.18. The Hall–Kier alpha value is -2.52. The first-order chi connectivity index (χ1) is 12.6. The van der Waals surface area contributed by atoms with Gasteiger partial charge < -0.3 is 16.0 Å². The minimum absolute atomic E-state index is 0.0356. The highest BCUT2D eigenvalue weighted by molar-refractivity contribution is 7.13. The van der Waals surface area contributed by atoms with Crippen LogP contribution in [0.1, 0.15) is 23.7 Å². The third-order valence-corrected chi connectivity index (χ3v) is 5.15.